The molecule has 3 aromatic rings. The summed E-state index contributed by atoms with van der Waals surface area (Å²) in [4.78, 5) is 27.5. The van der Waals surface area contributed by atoms with E-state index >= 15 is 0 Å². The van der Waals surface area contributed by atoms with Crippen molar-refractivity contribution in [3.8, 4) is 5.75 Å². The van der Waals surface area contributed by atoms with E-state index in [1.165, 1.54) is 22.8 Å². The van der Waals surface area contributed by atoms with Crippen molar-refractivity contribution in [2.75, 3.05) is 18.6 Å². The Morgan fingerprint density at radius 2 is 1.95 bits per heavy atom. The van der Waals surface area contributed by atoms with Crippen LogP contribution < -0.4 is 9.64 Å². The Labute approximate surface area is 222 Å². The van der Waals surface area contributed by atoms with Crippen LogP contribution in [-0.2, 0) is 35.5 Å². The number of anilines is 1. The minimum atomic E-state index is -3.92. The van der Waals surface area contributed by atoms with Crippen LogP contribution in [-0.4, -0.2) is 55.6 Å². The number of aryl methyl sites for hydroxylation is 1. The number of thioether (sulfide) groups is 1. The van der Waals surface area contributed by atoms with Crippen LogP contribution in [0.15, 0.2) is 53.1 Å². The predicted molar refractivity (Wildman–Crippen MR) is 139 cm³/mol. The predicted octanol–water partition coefficient (Wildman–Crippen LogP) is 3.64. The number of rotatable bonds is 3. The first-order valence-corrected chi connectivity index (χ1v) is 14.7. The zero-order chi connectivity index (χ0) is 26.1. The highest BCUT2D eigenvalue weighted by molar-refractivity contribution is 8.15. The maximum absolute atomic E-state index is 13.9. The molecule has 1 aliphatic carbocycles. The summed E-state index contributed by atoms with van der Waals surface area (Å²) in [6, 6.07) is 8.45. The van der Waals surface area contributed by atoms with Gasteiger partial charge in [-0.25, -0.2) is 17.2 Å². The molecule has 5 aliphatic rings. The number of carbonyl (C=O) groups is 2. The molecule has 11 heteroatoms. The van der Waals surface area contributed by atoms with Gasteiger partial charge in [-0.1, -0.05) is 29.5 Å². The van der Waals surface area contributed by atoms with Gasteiger partial charge in [0.1, 0.15) is 11.3 Å². The Morgan fingerprint density at radius 1 is 1.16 bits per heavy atom. The zero-order valence-electron chi connectivity index (χ0n) is 20.5. The molecule has 38 heavy (non-hydrogen) atoms. The highest BCUT2D eigenvalue weighted by Crippen LogP contribution is 2.65. The molecule has 8 rings (SSSR count). The van der Waals surface area contributed by atoms with Gasteiger partial charge in [0, 0.05) is 23.7 Å². The molecule has 0 amide bonds. The number of hydrogen-bond donors (Lipinski definition) is 0. The second kappa shape index (κ2) is 7.15. The summed E-state index contributed by atoms with van der Waals surface area (Å²) >= 11 is 1.23. The van der Waals surface area contributed by atoms with Crippen LogP contribution in [0.2, 0.25) is 0 Å². The standard InChI is InChI=1S/C27H22N2O7S2/c1-13-3-5-15(6-4-13)38(32,33)29-12-14-7-8-28-18-11-27(16-9-19(34-2)23(29)21(14)22(16)28)17(10-20(30)37-27)24-25(18)36-26(31)35-24/h3-6,9-10,12,18,24-25H,7-8,11H2,1-2H3/t18-,24-,25+,27+/m1/s1. The minimum Gasteiger partial charge on any atom is -0.494 e. The molecular weight excluding hydrogens is 528 g/mol. The molecule has 5 heterocycles. The first-order chi connectivity index (χ1) is 18.2. The second-order valence-corrected chi connectivity index (χ2v) is 13.5. The number of nitrogens with zero attached hydrogens (tertiary/aromatic N) is 2. The molecule has 0 N–H and O–H groups in total. The van der Waals surface area contributed by atoms with E-state index in [0.717, 1.165) is 33.3 Å². The van der Waals surface area contributed by atoms with Crippen LogP contribution in [0.3, 0.4) is 0 Å². The maximum Gasteiger partial charge on any atom is 0.509 e. The first kappa shape index (κ1) is 22.5. The SMILES string of the molecule is COc1cc2c3c4c(cn(S(=O)(=O)c5ccc(C)cc5)c14)CCN3[C@@H]1C[C@]23SC(=O)C=C3[C@H]2OC(=O)O[C@H]21. The molecule has 2 fully saturated rings. The first-order valence-electron chi connectivity index (χ1n) is 12.4. The summed E-state index contributed by atoms with van der Waals surface area (Å²) < 4.78 is 45.5. The lowest BCUT2D eigenvalue weighted by molar-refractivity contribution is -0.106. The Morgan fingerprint density at radius 3 is 2.71 bits per heavy atom. The van der Waals surface area contributed by atoms with E-state index in [1.54, 1.807) is 36.5 Å². The Kier molecular flexibility index (Phi) is 4.24. The maximum atomic E-state index is 13.9. The van der Waals surface area contributed by atoms with Gasteiger partial charge in [-0.2, -0.15) is 0 Å². The van der Waals surface area contributed by atoms with Gasteiger partial charge in [-0.05, 0) is 55.2 Å². The molecule has 0 unspecified atom stereocenters. The Bertz CT molecular complexity index is 1760. The van der Waals surface area contributed by atoms with Gasteiger partial charge < -0.3 is 19.1 Å². The van der Waals surface area contributed by atoms with Crippen molar-refractivity contribution >= 4 is 49.6 Å². The van der Waals surface area contributed by atoms with E-state index in [0.29, 0.717) is 30.7 Å². The fourth-order valence-corrected chi connectivity index (χ4v) is 9.70. The van der Waals surface area contributed by atoms with Crippen molar-refractivity contribution in [1.29, 1.82) is 0 Å². The average Bonchev–Trinajstić information content (AvgIpc) is 3.57. The summed E-state index contributed by atoms with van der Waals surface area (Å²) in [7, 11) is -2.40. The molecule has 194 valence electrons. The number of benzene rings is 2. The minimum absolute atomic E-state index is 0.0994. The molecule has 1 aromatic heterocycles. The number of methoxy groups -OCH3 is 1. The monoisotopic (exact) mass is 550 g/mol. The highest BCUT2D eigenvalue weighted by atomic mass is 32.2. The molecule has 4 aliphatic heterocycles. The molecular formula is C27H22N2O7S2. The fraction of sp³-hybridized carbons (Fsp3) is 0.333. The van der Waals surface area contributed by atoms with Crippen molar-refractivity contribution in [2.24, 2.45) is 0 Å². The van der Waals surface area contributed by atoms with Crippen molar-refractivity contribution in [1.82, 2.24) is 3.97 Å². The molecule has 0 radical (unpaired) electrons. The molecule has 1 saturated heterocycles. The van der Waals surface area contributed by atoms with E-state index in [2.05, 4.69) is 4.90 Å². The second-order valence-electron chi connectivity index (χ2n) is 10.4. The highest BCUT2D eigenvalue weighted by Gasteiger charge is 2.65. The lowest BCUT2D eigenvalue weighted by Crippen LogP contribution is -2.61. The Balaban J connectivity index is 1.44. The quantitative estimate of drug-likeness (QED) is 0.452. The number of fused-ring (bicyclic) bond motifs is 5. The van der Waals surface area contributed by atoms with Gasteiger partial charge in [0.25, 0.3) is 10.0 Å². The number of carbonyl (C=O) groups excluding carboxylic acids is 2. The van der Waals surface area contributed by atoms with E-state index in [1.807, 2.05) is 13.0 Å². The van der Waals surface area contributed by atoms with Crippen LogP contribution in [0.1, 0.15) is 23.1 Å². The topological polar surface area (TPSA) is 104 Å². The summed E-state index contributed by atoms with van der Waals surface area (Å²) in [6.45, 7) is 2.53. The number of aromatic nitrogens is 1. The summed E-state index contributed by atoms with van der Waals surface area (Å²) in [6.07, 6.45) is 2.56. The number of ether oxygens (including phenoxy) is 3. The third kappa shape index (κ3) is 2.61. The summed E-state index contributed by atoms with van der Waals surface area (Å²) in [5, 5.41) is 0.700. The third-order valence-corrected chi connectivity index (χ3v) is 11.5. The zero-order valence-corrected chi connectivity index (χ0v) is 22.1. The van der Waals surface area contributed by atoms with Crippen LogP contribution in [0, 0.1) is 6.92 Å². The lowest BCUT2D eigenvalue weighted by atomic mass is 9.68. The van der Waals surface area contributed by atoms with Crippen molar-refractivity contribution < 1.29 is 32.2 Å². The van der Waals surface area contributed by atoms with Crippen LogP contribution in [0.4, 0.5) is 10.5 Å². The van der Waals surface area contributed by atoms with Crippen LogP contribution in [0.25, 0.3) is 10.9 Å². The molecule has 2 aromatic carbocycles. The molecule has 2 bridgehead atoms. The van der Waals surface area contributed by atoms with Gasteiger partial charge in [0.05, 0.1) is 28.5 Å². The van der Waals surface area contributed by atoms with Crippen molar-refractivity contribution in [2.45, 2.75) is 47.7 Å². The summed E-state index contributed by atoms with van der Waals surface area (Å²) in [5.74, 6) is 0.413. The van der Waals surface area contributed by atoms with Gasteiger partial charge in [-0.3, -0.25) is 4.79 Å². The molecule has 1 spiro atoms. The third-order valence-electron chi connectivity index (χ3n) is 8.55. The van der Waals surface area contributed by atoms with Gasteiger partial charge in [0.15, 0.2) is 12.2 Å². The smallest absolute Gasteiger partial charge is 0.494 e. The van der Waals surface area contributed by atoms with Crippen molar-refractivity contribution in [3.63, 3.8) is 0 Å². The lowest BCUT2D eigenvalue weighted by Gasteiger charge is -2.54. The fourth-order valence-electron chi connectivity index (χ4n) is 6.97. The molecule has 1 saturated carbocycles. The van der Waals surface area contributed by atoms with Gasteiger partial charge in [0.2, 0.25) is 5.12 Å². The van der Waals surface area contributed by atoms with Crippen LogP contribution in [0.5, 0.6) is 5.75 Å². The molecule has 9 nitrogen and oxygen atoms in total. The van der Waals surface area contributed by atoms with Crippen LogP contribution >= 0.6 is 11.8 Å². The largest absolute Gasteiger partial charge is 0.509 e. The van der Waals surface area contributed by atoms with Crippen molar-refractivity contribution in [3.05, 3.63) is 64.9 Å². The van der Waals surface area contributed by atoms with E-state index in [9.17, 15) is 18.0 Å². The average molecular weight is 551 g/mol. The molecule has 4 atom stereocenters. The van der Waals surface area contributed by atoms with E-state index in [4.69, 9.17) is 14.2 Å². The van der Waals surface area contributed by atoms with E-state index in [-0.39, 0.29) is 16.1 Å². The summed E-state index contributed by atoms with van der Waals surface area (Å²) in [5.41, 5.74) is 4.83. The van der Waals surface area contributed by atoms with Gasteiger partial charge in [-0.15, -0.1) is 0 Å². The van der Waals surface area contributed by atoms with E-state index < -0.39 is 33.1 Å². The van der Waals surface area contributed by atoms with Gasteiger partial charge >= 0.3 is 6.16 Å². The number of hydrogen-bond acceptors (Lipinski definition) is 9. The Hall–Kier alpha value is -3.44. The normalized spacial score (nSPS) is 28.5.